The van der Waals surface area contributed by atoms with E-state index in [4.69, 9.17) is 9.47 Å². The molecule has 0 saturated heterocycles. The van der Waals surface area contributed by atoms with Gasteiger partial charge in [0.15, 0.2) is 17.6 Å². The van der Waals surface area contributed by atoms with Gasteiger partial charge in [0.1, 0.15) is 6.61 Å². The molecule has 0 saturated carbocycles. The average molecular weight is 180 g/mol. The Morgan fingerprint density at radius 3 is 2.77 bits per heavy atom. The van der Waals surface area contributed by atoms with E-state index < -0.39 is 6.10 Å². The van der Waals surface area contributed by atoms with Crippen LogP contribution in [0.25, 0.3) is 0 Å². The third-order valence-electron chi connectivity index (χ3n) is 2.07. The summed E-state index contributed by atoms with van der Waals surface area (Å²) in [4.78, 5) is 0. The summed E-state index contributed by atoms with van der Waals surface area (Å²) in [5, 5.41) is 9.30. The fourth-order valence-corrected chi connectivity index (χ4v) is 1.27. The van der Waals surface area contributed by atoms with Crippen molar-refractivity contribution >= 4 is 0 Å². The van der Waals surface area contributed by atoms with E-state index in [0.717, 1.165) is 5.75 Å². The average Bonchev–Trinajstić information content (AvgIpc) is 2.17. The van der Waals surface area contributed by atoms with Gasteiger partial charge in [-0.2, -0.15) is 0 Å². The number of ether oxygens (including phenoxy) is 2. The summed E-state index contributed by atoms with van der Waals surface area (Å²) in [5.74, 6) is 1.46. The van der Waals surface area contributed by atoms with Crippen LogP contribution in [0.5, 0.6) is 11.5 Å². The van der Waals surface area contributed by atoms with Crippen molar-refractivity contribution in [1.29, 1.82) is 0 Å². The maximum atomic E-state index is 9.30. The van der Waals surface area contributed by atoms with Gasteiger partial charge in [-0.25, -0.2) is 0 Å². The molecule has 0 fully saturated rings. The lowest BCUT2D eigenvalue weighted by molar-refractivity contribution is -0.000781. The molecule has 3 heteroatoms. The second-order valence-corrected chi connectivity index (χ2v) is 3.15. The molecule has 1 aromatic rings. The highest BCUT2D eigenvalue weighted by Gasteiger charge is 2.24. The molecule has 0 radical (unpaired) electrons. The third kappa shape index (κ3) is 1.60. The zero-order valence-corrected chi connectivity index (χ0v) is 7.43. The van der Waals surface area contributed by atoms with Gasteiger partial charge in [0.05, 0.1) is 6.10 Å². The van der Waals surface area contributed by atoms with E-state index in [1.54, 1.807) is 6.92 Å². The number of fused-ring (bicyclic) bond motifs is 1. The molecule has 13 heavy (non-hydrogen) atoms. The predicted octanol–water partition coefficient (Wildman–Crippen LogP) is 1.21. The topological polar surface area (TPSA) is 38.7 Å². The fourth-order valence-electron chi connectivity index (χ4n) is 1.27. The van der Waals surface area contributed by atoms with Crippen molar-refractivity contribution in [3.05, 3.63) is 24.3 Å². The minimum Gasteiger partial charge on any atom is -0.486 e. The lowest BCUT2D eigenvalue weighted by Crippen LogP contribution is -2.37. The van der Waals surface area contributed by atoms with Crippen LogP contribution in [0.15, 0.2) is 24.3 Å². The molecule has 70 valence electrons. The molecule has 1 N–H and O–H groups in total. The largest absolute Gasteiger partial charge is 0.486 e. The van der Waals surface area contributed by atoms with Crippen LogP contribution in [0, 0.1) is 0 Å². The second kappa shape index (κ2) is 3.26. The zero-order chi connectivity index (χ0) is 9.26. The molecule has 1 heterocycles. The summed E-state index contributed by atoms with van der Waals surface area (Å²) < 4.78 is 10.9. The van der Waals surface area contributed by atoms with Gasteiger partial charge in [0, 0.05) is 0 Å². The van der Waals surface area contributed by atoms with Gasteiger partial charge in [-0.05, 0) is 19.1 Å². The van der Waals surface area contributed by atoms with Gasteiger partial charge in [-0.15, -0.1) is 0 Å². The van der Waals surface area contributed by atoms with Crippen molar-refractivity contribution in [2.24, 2.45) is 0 Å². The summed E-state index contributed by atoms with van der Waals surface area (Å²) in [7, 11) is 0. The number of hydrogen-bond donors (Lipinski definition) is 1. The van der Waals surface area contributed by atoms with Gasteiger partial charge >= 0.3 is 0 Å². The maximum Gasteiger partial charge on any atom is 0.161 e. The van der Waals surface area contributed by atoms with E-state index >= 15 is 0 Å². The van der Waals surface area contributed by atoms with Gasteiger partial charge in [-0.3, -0.25) is 0 Å². The predicted molar refractivity (Wildman–Crippen MR) is 48.0 cm³/mol. The highest BCUT2D eigenvalue weighted by atomic mass is 16.6. The Morgan fingerprint density at radius 2 is 2.08 bits per heavy atom. The van der Waals surface area contributed by atoms with E-state index in [9.17, 15) is 5.11 Å². The fraction of sp³-hybridized carbons (Fsp3) is 0.400. The normalized spacial score (nSPS) is 22.5. The molecular weight excluding hydrogens is 168 g/mol. The highest BCUT2D eigenvalue weighted by molar-refractivity contribution is 5.40. The van der Waals surface area contributed by atoms with E-state index in [2.05, 4.69) is 0 Å². The van der Waals surface area contributed by atoms with Crippen molar-refractivity contribution in [3.8, 4) is 11.5 Å². The minimum absolute atomic E-state index is 0.255. The molecule has 0 amide bonds. The van der Waals surface area contributed by atoms with Gasteiger partial charge in [-0.1, -0.05) is 12.1 Å². The molecule has 0 aromatic heterocycles. The first-order chi connectivity index (χ1) is 6.27. The molecule has 0 aliphatic carbocycles. The molecule has 2 atom stereocenters. The smallest absolute Gasteiger partial charge is 0.161 e. The van der Waals surface area contributed by atoms with Crippen molar-refractivity contribution < 1.29 is 14.6 Å². The highest BCUT2D eigenvalue weighted by Crippen LogP contribution is 2.31. The number of aliphatic hydroxyl groups excluding tert-OH is 1. The first-order valence-electron chi connectivity index (χ1n) is 4.34. The van der Waals surface area contributed by atoms with Crippen LogP contribution >= 0.6 is 0 Å². The van der Waals surface area contributed by atoms with E-state index in [0.29, 0.717) is 12.4 Å². The Balaban J connectivity index is 2.20. The van der Waals surface area contributed by atoms with Crippen LogP contribution in [0.1, 0.15) is 6.92 Å². The third-order valence-corrected chi connectivity index (χ3v) is 2.07. The number of benzene rings is 1. The van der Waals surface area contributed by atoms with E-state index in [1.165, 1.54) is 0 Å². The lowest BCUT2D eigenvalue weighted by atomic mass is 10.2. The van der Waals surface area contributed by atoms with Gasteiger partial charge in [0.2, 0.25) is 0 Å². The molecule has 1 aromatic carbocycles. The summed E-state index contributed by atoms with van der Waals surface area (Å²) >= 11 is 0. The standard InChI is InChI=1S/C10H12O3/c1-7(11)10-6-12-8-4-2-3-5-9(8)13-10/h2-5,7,10-11H,6H2,1H3/t7-,10?/m0/s1. The van der Waals surface area contributed by atoms with Gasteiger partial charge < -0.3 is 14.6 Å². The maximum absolute atomic E-state index is 9.30. The summed E-state index contributed by atoms with van der Waals surface area (Å²) in [6.07, 6.45) is -0.761. The number of rotatable bonds is 1. The number of para-hydroxylation sites is 2. The molecule has 1 aliphatic rings. The lowest BCUT2D eigenvalue weighted by Gasteiger charge is -2.27. The van der Waals surface area contributed by atoms with Crippen molar-refractivity contribution in [2.45, 2.75) is 19.1 Å². The Kier molecular flexibility index (Phi) is 2.10. The minimum atomic E-state index is -0.506. The second-order valence-electron chi connectivity index (χ2n) is 3.15. The van der Waals surface area contributed by atoms with Crippen LogP contribution in [0.2, 0.25) is 0 Å². The monoisotopic (exact) mass is 180 g/mol. The molecule has 1 unspecified atom stereocenters. The summed E-state index contributed by atoms with van der Waals surface area (Å²) in [6.45, 7) is 2.11. The zero-order valence-electron chi connectivity index (χ0n) is 7.43. The van der Waals surface area contributed by atoms with E-state index in [-0.39, 0.29) is 6.10 Å². The van der Waals surface area contributed by atoms with Crippen LogP contribution in [0.3, 0.4) is 0 Å². The first-order valence-corrected chi connectivity index (χ1v) is 4.34. The van der Waals surface area contributed by atoms with Crippen LogP contribution in [0.4, 0.5) is 0 Å². The Morgan fingerprint density at radius 1 is 1.38 bits per heavy atom. The number of hydrogen-bond acceptors (Lipinski definition) is 3. The first kappa shape index (κ1) is 8.38. The molecular formula is C10H12O3. The quantitative estimate of drug-likeness (QED) is 0.706. The van der Waals surface area contributed by atoms with Crippen molar-refractivity contribution in [2.75, 3.05) is 6.61 Å². The van der Waals surface area contributed by atoms with Gasteiger partial charge in [0.25, 0.3) is 0 Å². The van der Waals surface area contributed by atoms with Crippen LogP contribution in [-0.2, 0) is 0 Å². The van der Waals surface area contributed by atoms with Crippen LogP contribution < -0.4 is 9.47 Å². The van der Waals surface area contributed by atoms with Crippen molar-refractivity contribution in [3.63, 3.8) is 0 Å². The van der Waals surface area contributed by atoms with Crippen LogP contribution in [-0.4, -0.2) is 23.9 Å². The van der Waals surface area contributed by atoms with Crippen molar-refractivity contribution in [1.82, 2.24) is 0 Å². The molecule has 2 rings (SSSR count). The summed E-state index contributed by atoms with van der Waals surface area (Å²) in [6, 6.07) is 7.47. The number of aliphatic hydroxyl groups is 1. The Hall–Kier alpha value is -1.22. The molecule has 0 spiro atoms. The Bertz CT molecular complexity index is 296. The van der Waals surface area contributed by atoms with E-state index in [1.807, 2.05) is 24.3 Å². The molecule has 3 nitrogen and oxygen atoms in total. The Labute approximate surface area is 76.9 Å². The SMILES string of the molecule is C[C@H](O)C1COc2ccccc2O1. The summed E-state index contributed by atoms with van der Waals surface area (Å²) in [5.41, 5.74) is 0. The molecule has 1 aliphatic heterocycles. The molecule has 0 bridgehead atoms.